The van der Waals surface area contributed by atoms with Gasteiger partial charge in [0.05, 0.1) is 11.8 Å². The van der Waals surface area contributed by atoms with E-state index in [2.05, 4.69) is 64.0 Å². The molecule has 1 aromatic carbocycles. The zero-order valence-electron chi connectivity index (χ0n) is 15.5. The average molecular weight is 349 g/mol. The number of benzene rings is 1. The Morgan fingerprint density at radius 1 is 1.15 bits per heavy atom. The SMILES string of the molecule is CCn1ccc2c(CN(Cc3ccccn3)C[C@H]3CCCO3)cccc21. The molecule has 1 atom stereocenters. The van der Waals surface area contributed by atoms with Crippen LogP contribution in [0.4, 0.5) is 0 Å². The summed E-state index contributed by atoms with van der Waals surface area (Å²) in [5.74, 6) is 0. The highest BCUT2D eigenvalue weighted by molar-refractivity contribution is 5.83. The molecule has 0 aliphatic carbocycles. The molecule has 0 N–H and O–H groups in total. The van der Waals surface area contributed by atoms with Gasteiger partial charge in [-0.2, -0.15) is 0 Å². The van der Waals surface area contributed by atoms with Crippen molar-refractivity contribution in [3.63, 3.8) is 0 Å². The van der Waals surface area contributed by atoms with E-state index >= 15 is 0 Å². The second kappa shape index (κ2) is 8.02. The number of hydrogen-bond acceptors (Lipinski definition) is 3. The zero-order chi connectivity index (χ0) is 17.8. The van der Waals surface area contributed by atoms with Crippen molar-refractivity contribution in [3.05, 3.63) is 66.1 Å². The Kier molecular flexibility index (Phi) is 5.32. The maximum atomic E-state index is 5.90. The van der Waals surface area contributed by atoms with Crippen LogP contribution in [0.1, 0.15) is 31.0 Å². The fourth-order valence-electron chi connectivity index (χ4n) is 3.92. The molecule has 4 nitrogen and oxygen atoms in total. The second-order valence-electron chi connectivity index (χ2n) is 7.08. The van der Waals surface area contributed by atoms with Gasteiger partial charge >= 0.3 is 0 Å². The molecule has 3 aromatic rings. The number of hydrogen-bond donors (Lipinski definition) is 0. The maximum Gasteiger partial charge on any atom is 0.0703 e. The summed E-state index contributed by atoms with van der Waals surface area (Å²) < 4.78 is 8.21. The molecule has 0 radical (unpaired) electrons. The lowest BCUT2D eigenvalue weighted by Gasteiger charge is -2.25. The van der Waals surface area contributed by atoms with Gasteiger partial charge in [-0.1, -0.05) is 18.2 Å². The second-order valence-corrected chi connectivity index (χ2v) is 7.08. The van der Waals surface area contributed by atoms with Gasteiger partial charge in [0.15, 0.2) is 0 Å². The lowest BCUT2D eigenvalue weighted by Crippen LogP contribution is -2.31. The number of aryl methyl sites for hydroxylation is 1. The lowest BCUT2D eigenvalue weighted by atomic mass is 10.1. The Labute approximate surface area is 155 Å². The van der Waals surface area contributed by atoms with E-state index in [9.17, 15) is 0 Å². The highest BCUT2D eigenvalue weighted by Gasteiger charge is 2.20. The summed E-state index contributed by atoms with van der Waals surface area (Å²) in [7, 11) is 0. The van der Waals surface area contributed by atoms with Gasteiger partial charge in [0, 0.05) is 56.1 Å². The molecule has 0 saturated carbocycles. The molecule has 2 aromatic heterocycles. The van der Waals surface area contributed by atoms with Crippen molar-refractivity contribution in [1.82, 2.24) is 14.5 Å². The molecule has 136 valence electrons. The molecule has 0 bridgehead atoms. The smallest absolute Gasteiger partial charge is 0.0703 e. The van der Waals surface area contributed by atoms with E-state index in [4.69, 9.17) is 4.74 Å². The van der Waals surface area contributed by atoms with E-state index in [1.165, 1.54) is 22.9 Å². The number of fused-ring (bicyclic) bond motifs is 1. The van der Waals surface area contributed by atoms with Crippen LogP contribution in [-0.4, -0.2) is 33.7 Å². The molecule has 1 aliphatic heterocycles. The third-order valence-electron chi connectivity index (χ3n) is 5.24. The van der Waals surface area contributed by atoms with E-state index < -0.39 is 0 Å². The summed E-state index contributed by atoms with van der Waals surface area (Å²) in [5.41, 5.74) is 3.81. The van der Waals surface area contributed by atoms with Crippen molar-refractivity contribution in [2.24, 2.45) is 0 Å². The molecule has 0 spiro atoms. The Balaban J connectivity index is 1.58. The molecular weight excluding hydrogens is 322 g/mol. The topological polar surface area (TPSA) is 30.3 Å². The fourth-order valence-corrected chi connectivity index (χ4v) is 3.92. The van der Waals surface area contributed by atoms with Gasteiger partial charge < -0.3 is 9.30 Å². The van der Waals surface area contributed by atoms with Crippen molar-refractivity contribution >= 4 is 10.9 Å². The van der Waals surface area contributed by atoms with Crippen molar-refractivity contribution in [1.29, 1.82) is 0 Å². The molecule has 4 heteroatoms. The zero-order valence-corrected chi connectivity index (χ0v) is 15.5. The number of rotatable bonds is 7. The predicted molar refractivity (Wildman–Crippen MR) is 105 cm³/mol. The van der Waals surface area contributed by atoms with Crippen LogP contribution in [0.25, 0.3) is 10.9 Å². The lowest BCUT2D eigenvalue weighted by molar-refractivity contribution is 0.0676. The number of aromatic nitrogens is 2. The first-order valence-corrected chi connectivity index (χ1v) is 9.64. The summed E-state index contributed by atoms with van der Waals surface area (Å²) in [6, 6.07) is 15.0. The summed E-state index contributed by atoms with van der Waals surface area (Å²) in [6.07, 6.45) is 6.75. The van der Waals surface area contributed by atoms with E-state index in [1.54, 1.807) is 0 Å². The molecule has 3 heterocycles. The molecular formula is C22H27N3O. The third kappa shape index (κ3) is 3.81. The van der Waals surface area contributed by atoms with Gasteiger partial charge in [0.2, 0.25) is 0 Å². The van der Waals surface area contributed by atoms with Crippen LogP contribution >= 0.6 is 0 Å². The van der Waals surface area contributed by atoms with Gasteiger partial charge in [0.1, 0.15) is 0 Å². The summed E-state index contributed by atoms with van der Waals surface area (Å²) in [5, 5.41) is 1.35. The van der Waals surface area contributed by atoms with Crippen LogP contribution in [0.3, 0.4) is 0 Å². The fraction of sp³-hybridized carbons (Fsp3) is 0.409. The Bertz CT molecular complexity index is 837. The van der Waals surface area contributed by atoms with Crippen molar-refractivity contribution in [2.45, 2.75) is 45.5 Å². The van der Waals surface area contributed by atoms with Crippen LogP contribution in [0.5, 0.6) is 0 Å². The highest BCUT2D eigenvalue weighted by Crippen LogP contribution is 2.23. The largest absolute Gasteiger partial charge is 0.377 e. The third-order valence-corrected chi connectivity index (χ3v) is 5.24. The Morgan fingerprint density at radius 2 is 2.12 bits per heavy atom. The maximum absolute atomic E-state index is 5.90. The van der Waals surface area contributed by atoms with Gasteiger partial charge in [-0.15, -0.1) is 0 Å². The summed E-state index contributed by atoms with van der Waals surface area (Å²) >= 11 is 0. The first-order valence-electron chi connectivity index (χ1n) is 9.64. The van der Waals surface area contributed by atoms with E-state index in [0.29, 0.717) is 6.10 Å². The number of ether oxygens (including phenoxy) is 1. The molecule has 0 amide bonds. The molecule has 1 saturated heterocycles. The molecule has 1 fully saturated rings. The normalized spacial score (nSPS) is 17.4. The standard InChI is InChI=1S/C22H27N3O/c1-2-25-13-11-21-18(7-5-10-22(21)25)15-24(17-20-9-6-14-26-20)16-19-8-3-4-12-23-19/h3-5,7-8,10-13,20H,2,6,9,14-17H2,1H3/t20-/m1/s1. The summed E-state index contributed by atoms with van der Waals surface area (Å²) in [6.45, 7) is 6.82. The number of nitrogens with zero attached hydrogens (tertiary/aromatic N) is 3. The van der Waals surface area contributed by atoms with Crippen LogP contribution in [0, 0.1) is 0 Å². The predicted octanol–water partition coefficient (Wildman–Crippen LogP) is 4.24. The van der Waals surface area contributed by atoms with Crippen molar-refractivity contribution in [3.8, 4) is 0 Å². The van der Waals surface area contributed by atoms with Crippen molar-refractivity contribution < 1.29 is 4.74 Å². The van der Waals surface area contributed by atoms with Crippen LogP contribution in [0.2, 0.25) is 0 Å². The number of pyridine rings is 1. The van der Waals surface area contributed by atoms with E-state index in [1.807, 2.05) is 12.3 Å². The van der Waals surface area contributed by atoms with Crippen LogP contribution < -0.4 is 0 Å². The first-order chi connectivity index (χ1) is 12.8. The highest BCUT2D eigenvalue weighted by atomic mass is 16.5. The van der Waals surface area contributed by atoms with Gasteiger partial charge in [-0.25, -0.2) is 0 Å². The molecule has 26 heavy (non-hydrogen) atoms. The van der Waals surface area contributed by atoms with Crippen molar-refractivity contribution in [2.75, 3.05) is 13.2 Å². The van der Waals surface area contributed by atoms with Gasteiger partial charge in [0.25, 0.3) is 0 Å². The minimum atomic E-state index is 0.346. The quantitative estimate of drug-likeness (QED) is 0.639. The van der Waals surface area contributed by atoms with Crippen LogP contribution in [0.15, 0.2) is 54.9 Å². The molecule has 0 unspecified atom stereocenters. The average Bonchev–Trinajstić information content (AvgIpc) is 3.32. The van der Waals surface area contributed by atoms with Gasteiger partial charge in [-0.3, -0.25) is 9.88 Å². The molecule has 1 aliphatic rings. The Morgan fingerprint density at radius 3 is 2.88 bits per heavy atom. The minimum absolute atomic E-state index is 0.346. The monoisotopic (exact) mass is 349 g/mol. The minimum Gasteiger partial charge on any atom is -0.377 e. The first kappa shape index (κ1) is 17.3. The van der Waals surface area contributed by atoms with E-state index in [-0.39, 0.29) is 0 Å². The summed E-state index contributed by atoms with van der Waals surface area (Å²) in [4.78, 5) is 7.01. The van der Waals surface area contributed by atoms with Crippen LogP contribution in [-0.2, 0) is 24.4 Å². The molecule has 4 rings (SSSR count). The van der Waals surface area contributed by atoms with E-state index in [0.717, 1.165) is 44.9 Å². The Hall–Kier alpha value is -2.17. The van der Waals surface area contributed by atoms with Gasteiger partial charge in [-0.05, 0) is 49.6 Å².